The molecule has 3 rings (SSSR count). The molecule has 0 aliphatic rings. The van der Waals surface area contributed by atoms with E-state index in [2.05, 4.69) is 10.4 Å². The molecule has 2 aromatic carbocycles. The SMILES string of the molecule is Clc1ccc(CNc2ccc(-n3cccn3)cc2)cc1. The van der Waals surface area contributed by atoms with Crippen LogP contribution in [0.4, 0.5) is 5.69 Å². The summed E-state index contributed by atoms with van der Waals surface area (Å²) in [6.45, 7) is 0.776. The predicted octanol–water partition coefficient (Wildman–Crippen LogP) is 4.14. The van der Waals surface area contributed by atoms with E-state index < -0.39 is 0 Å². The first kappa shape index (κ1) is 12.8. The normalized spacial score (nSPS) is 10.4. The molecule has 0 aliphatic carbocycles. The first-order valence-corrected chi connectivity index (χ1v) is 6.77. The second-order valence-corrected chi connectivity index (χ2v) is 4.91. The molecular formula is C16H14ClN3. The predicted molar refractivity (Wildman–Crippen MR) is 82.3 cm³/mol. The molecule has 20 heavy (non-hydrogen) atoms. The summed E-state index contributed by atoms with van der Waals surface area (Å²) in [4.78, 5) is 0. The molecule has 0 saturated heterocycles. The van der Waals surface area contributed by atoms with Crippen molar-refractivity contribution in [3.63, 3.8) is 0 Å². The average molecular weight is 284 g/mol. The number of anilines is 1. The topological polar surface area (TPSA) is 29.9 Å². The molecule has 0 unspecified atom stereocenters. The van der Waals surface area contributed by atoms with Gasteiger partial charge in [0, 0.05) is 29.6 Å². The molecule has 0 fully saturated rings. The summed E-state index contributed by atoms with van der Waals surface area (Å²) >= 11 is 5.87. The van der Waals surface area contributed by atoms with E-state index in [1.54, 1.807) is 6.20 Å². The van der Waals surface area contributed by atoms with Crippen LogP contribution in [0.25, 0.3) is 5.69 Å². The van der Waals surface area contributed by atoms with Crippen LogP contribution >= 0.6 is 11.6 Å². The van der Waals surface area contributed by atoms with Crippen molar-refractivity contribution in [2.45, 2.75) is 6.54 Å². The molecule has 0 radical (unpaired) electrons. The number of benzene rings is 2. The van der Waals surface area contributed by atoms with Crippen molar-refractivity contribution in [2.24, 2.45) is 0 Å². The van der Waals surface area contributed by atoms with Crippen LogP contribution in [0.15, 0.2) is 67.0 Å². The third-order valence-corrected chi connectivity index (χ3v) is 3.30. The van der Waals surface area contributed by atoms with Crippen LogP contribution in [-0.2, 0) is 6.54 Å². The molecule has 0 atom stereocenters. The first-order valence-electron chi connectivity index (χ1n) is 6.40. The summed E-state index contributed by atoms with van der Waals surface area (Å²) in [5, 5.41) is 8.34. The number of hydrogen-bond acceptors (Lipinski definition) is 2. The van der Waals surface area contributed by atoms with Gasteiger partial charge in [-0.05, 0) is 48.0 Å². The summed E-state index contributed by atoms with van der Waals surface area (Å²) in [6, 6.07) is 17.9. The minimum absolute atomic E-state index is 0.761. The molecular weight excluding hydrogens is 270 g/mol. The maximum absolute atomic E-state index is 5.87. The summed E-state index contributed by atoms with van der Waals surface area (Å²) in [5.41, 5.74) is 3.33. The Labute approximate surface area is 122 Å². The summed E-state index contributed by atoms with van der Waals surface area (Å²) in [6.07, 6.45) is 3.70. The Kier molecular flexibility index (Phi) is 3.70. The Morgan fingerprint density at radius 2 is 1.75 bits per heavy atom. The smallest absolute Gasteiger partial charge is 0.0647 e. The van der Waals surface area contributed by atoms with Crippen molar-refractivity contribution >= 4 is 17.3 Å². The van der Waals surface area contributed by atoms with Crippen LogP contribution in [0.1, 0.15) is 5.56 Å². The van der Waals surface area contributed by atoms with Gasteiger partial charge in [-0.25, -0.2) is 4.68 Å². The fourth-order valence-electron chi connectivity index (χ4n) is 1.96. The van der Waals surface area contributed by atoms with Gasteiger partial charge in [-0.1, -0.05) is 23.7 Å². The van der Waals surface area contributed by atoms with Crippen LogP contribution in [0.2, 0.25) is 5.02 Å². The third kappa shape index (κ3) is 3.00. The largest absolute Gasteiger partial charge is 0.381 e. The maximum Gasteiger partial charge on any atom is 0.0647 e. The average Bonchev–Trinajstić information content (AvgIpc) is 3.01. The molecule has 0 bridgehead atoms. The molecule has 3 aromatic rings. The van der Waals surface area contributed by atoms with Crippen LogP contribution in [0.5, 0.6) is 0 Å². The highest BCUT2D eigenvalue weighted by atomic mass is 35.5. The van der Waals surface area contributed by atoms with Gasteiger partial charge in [0.2, 0.25) is 0 Å². The zero-order valence-electron chi connectivity index (χ0n) is 10.8. The van der Waals surface area contributed by atoms with E-state index in [0.717, 1.165) is 22.9 Å². The quantitative estimate of drug-likeness (QED) is 0.780. The lowest BCUT2D eigenvalue weighted by molar-refractivity contribution is 0.880. The second kappa shape index (κ2) is 5.80. The molecule has 1 heterocycles. The Hall–Kier alpha value is -2.26. The monoisotopic (exact) mass is 283 g/mol. The summed E-state index contributed by atoms with van der Waals surface area (Å²) in [7, 11) is 0. The van der Waals surface area contributed by atoms with Crippen molar-refractivity contribution in [3.8, 4) is 5.69 Å². The van der Waals surface area contributed by atoms with Crippen molar-refractivity contribution in [1.82, 2.24) is 9.78 Å². The first-order chi connectivity index (χ1) is 9.81. The van der Waals surface area contributed by atoms with Crippen molar-refractivity contribution in [2.75, 3.05) is 5.32 Å². The highest BCUT2D eigenvalue weighted by Crippen LogP contribution is 2.15. The zero-order chi connectivity index (χ0) is 13.8. The molecule has 0 spiro atoms. The fourth-order valence-corrected chi connectivity index (χ4v) is 2.09. The molecule has 0 amide bonds. The second-order valence-electron chi connectivity index (χ2n) is 4.48. The minimum Gasteiger partial charge on any atom is -0.381 e. The van der Waals surface area contributed by atoms with E-state index in [9.17, 15) is 0 Å². The number of nitrogens with one attached hydrogen (secondary N) is 1. The van der Waals surface area contributed by atoms with Gasteiger partial charge in [-0.3, -0.25) is 0 Å². The number of nitrogens with zero attached hydrogens (tertiary/aromatic N) is 2. The number of halogens is 1. The van der Waals surface area contributed by atoms with Crippen molar-refractivity contribution in [1.29, 1.82) is 0 Å². The number of rotatable bonds is 4. The maximum atomic E-state index is 5.87. The van der Waals surface area contributed by atoms with E-state index in [0.29, 0.717) is 0 Å². The van der Waals surface area contributed by atoms with Crippen molar-refractivity contribution < 1.29 is 0 Å². The van der Waals surface area contributed by atoms with Gasteiger partial charge in [0.05, 0.1) is 5.69 Å². The Morgan fingerprint density at radius 3 is 2.40 bits per heavy atom. The summed E-state index contributed by atoms with van der Waals surface area (Å²) in [5.74, 6) is 0. The summed E-state index contributed by atoms with van der Waals surface area (Å²) < 4.78 is 1.84. The standard InChI is InChI=1S/C16H14ClN3/c17-14-4-2-13(3-5-14)12-18-15-6-8-16(9-7-15)20-11-1-10-19-20/h1-11,18H,12H2. The van der Waals surface area contributed by atoms with E-state index in [1.165, 1.54) is 5.56 Å². The highest BCUT2D eigenvalue weighted by molar-refractivity contribution is 6.30. The molecule has 1 aromatic heterocycles. The third-order valence-electron chi connectivity index (χ3n) is 3.05. The van der Waals surface area contributed by atoms with Crippen LogP contribution in [0, 0.1) is 0 Å². The number of aromatic nitrogens is 2. The lowest BCUT2D eigenvalue weighted by atomic mass is 10.2. The Balaban J connectivity index is 1.65. The molecule has 3 nitrogen and oxygen atoms in total. The van der Waals surface area contributed by atoms with Gasteiger partial charge < -0.3 is 5.32 Å². The van der Waals surface area contributed by atoms with Gasteiger partial charge >= 0.3 is 0 Å². The lowest BCUT2D eigenvalue weighted by Gasteiger charge is -2.08. The molecule has 4 heteroatoms. The molecule has 1 N–H and O–H groups in total. The van der Waals surface area contributed by atoms with Crippen LogP contribution < -0.4 is 5.32 Å². The number of hydrogen-bond donors (Lipinski definition) is 1. The van der Waals surface area contributed by atoms with Gasteiger partial charge in [0.1, 0.15) is 0 Å². The lowest BCUT2D eigenvalue weighted by Crippen LogP contribution is -2.00. The van der Waals surface area contributed by atoms with Crippen LogP contribution in [-0.4, -0.2) is 9.78 Å². The molecule has 0 saturated carbocycles. The molecule has 100 valence electrons. The van der Waals surface area contributed by atoms with E-state index in [-0.39, 0.29) is 0 Å². The van der Waals surface area contributed by atoms with E-state index in [1.807, 2.05) is 65.5 Å². The Morgan fingerprint density at radius 1 is 1.00 bits per heavy atom. The van der Waals surface area contributed by atoms with Crippen molar-refractivity contribution in [3.05, 3.63) is 77.6 Å². The highest BCUT2D eigenvalue weighted by Gasteiger charge is 1.97. The van der Waals surface area contributed by atoms with Gasteiger partial charge in [-0.2, -0.15) is 5.10 Å². The minimum atomic E-state index is 0.761. The van der Waals surface area contributed by atoms with E-state index in [4.69, 9.17) is 11.6 Å². The van der Waals surface area contributed by atoms with Gasteiger partial charge in [0.25, 0.3) is 0 Å². The van der Waals surface area contributed by atoms with Crippen LogP contribution in [0.3, 0.4) is 0 Å². The van der Waals surface area contributed by atoms with E-state index >= 15 is 0 Å². The van der Waals surface area contributed by atoms with Gasteiger partial charge in [0.15, 0.2) is 0 Å². The Bertz CT molecular complexity index is 658. The molecule has 0 aliphatic heterocycles. The fraction of sp³-hybridized carbons (Fsp3) is 0.0625. The zero-order valence-corrected chi connectivity index (χ0v) is 11.6. The van der Waals surface area contributed by atoms with Gasteiger partial charge in [-0.15, -0.1) is 0 Å².